The molecule has 0 aliphatic rings. The second-order valence-electron chi connectivity index (χ2n) is 5.80. The standard InChI is InChI=1S/C17H26BrN5S.HI/c1-6-15-12(2)24-16(21-15)7-8-20-17(19-3)23(5)11-14-9-13(18)10-22(14)4;/h9-10H,6-8,11H2,1-5H3,(H,19,20);1H. The molecule has 0 saturated heterocycles. The van der Waals surface area contributed by atoms with E-state index in [1.165, 1.54) is 21.3 Å². The van der Waals surface area contributed by atoms with Crippen molar-refractivity contribution in [3.8, 4) is 0 Å². The Labute approximate surface area is 180 Å². The van der Waals surface area contributed by atoms with Crippen molar-refractivity contribution in [2.75, 3.05) is 20.6 Å². The molecule has 8 heteroatoms. The summed E-state index contributed by atoms with van der Waals surface area (Å²) < 4.78 is 3.22. The first-order valence-corrected chi connectivity index (χ1v) is 9.73. The third kappa shape index (κ3) is 6.25. The monoisotopic (exact) mass is 539 g/mol. The van der Waals surface area contributed by atoms with Gasteiger partial charge in [0, 0.05) is 55.3 Å². The summed E-state index contributed by atoms with van der Waals surface area (Å²) in [6.45, 7) is 5.95. The van der Waals surface area contributed by atoms with E-state index >= 15 is 0 Å². The van der Waals surface area contributed by atoms with Crippen LogP contribution in [0.3, 0.4) is 0 Å². The van der Waals surface area contributed by atoms with Crippen molar-refractivity contribution in [2.24, 2.45) is 12.0 Å². The van der Waals surface area contributed by atoms with E-state index in [1.54, 1.807) is 11.3 Å². The number of nitrogens with zero attached hydrogens (tertiary/aromatic N) is 4. The number of aryl methyl sites for hydroxylation is 3. The first-order valence-electron chi connectivity index (χ1n) is 8.12. The average molecular weight is 540 g/mol. The predicted molar refractivity (Wildman–Crippen MR) is 121 cm³/mol. The van der Waals surface area contributed by atoms with Crippen molar-refractivity contribution < 1.29 is 0 Å². The lowest BCUT2D eigenvalue weighted by atomic mass is 10.3. The van der Waals surface area contributed by atoms with Crippen molar-refractivity contribution in [1.29, 1.82) is 0 Å². The minimum absolute atomic E-state index is 0. The van der Waals surface area contributed by atoms with Crippen LogP contribution in [0.5, 0.6) is 0 Å². The largest absolute Gasteiger partial charge is 0.356 e. The van der Waals surface area contributed by atoms with Crippen molar-refractivity contribution in [3.05, 3.63) is 38.0 Å². The van der Waals surface area contributed by atoms with Gasteiger partial charge in [0.25, 0.3) is 0 Å². The van der Waals surface area contributed by atoms with Crippen LogP contribution in [0.25, 0.3) is 0 Å². The molecule has 0 aliphatic carbocycles. The molecule has 2 heterocycles. The third-order valence-corrected chi connectivity index (χ3v) is 5.45. The summed E-state index contributed by atoms with van der Waals surface area (Å²) in [5.41, 5.74) is 2.46. The van der Waals surface area contributed by atoms with E-state index in [9.17, 15) is 0 Å². The highest BCUT2D eigenvalue weighted by Gasteiger charge is 2.10. The number of rotatable bonds is 6. The Morgan fingerprint density at radius 2 is 2.20 bits per heavy atom. The fraction of sp³-hybridized carbons (Fsp3) is 0.529. The number of hydrogen-bond donors (Lipinski definition) is 1. The topological polar surface area (TPSA) is 45.5 Å². The lowest BCUT2D eigenvalue weighted by Crippen LogP contribution is -2.39. The van der Waals surface area contributed by atoms with Gasteiger partial charge < -0.3 is 14.8 Å². The number of halogens is 2. The molecule has 2 rings (SSSR count). The van der Waals surface area contributed by atoms with Crippen LogP contribution in [-0.4, -0.2) is 41.1 Å². The summed E-state index contributed by atoms with van der Waals surface area (Å²) >= 11 is 5.32. The van der Waals surface area contributed by atoms with Crippen molar-refractivity contribution in [3.63, 3.8) is 0 Å². The molecule has 1 N–H and O–H groups in total. The van der Waals surface area contributed by atoms with Crippen LogP contribution in [0.15, 0.2) is 21.7 Å². The van der Waals surface area contributed by atoms with Crippen LogP contribution >= 0.6 is 51.2 Å². The molecule has 25 heavy (non-hydrogen) atoms. The highest BCUT2D eigenvalue weighted by Crippen LogP contribution is 2.18. The van der Waals surface area contributed by atoms with Crippen LogP contribution < -0.4 is 5.32 Å². The van der Waals surface area contributed by atoms with Gasteiger partial charge in [-0.3, -0.25) is 4.99 Å². The normalized spacial score (nSPS) is 11.4. The van der Waals surface area contributed by atoms with E-state index in [1.807, 2.05) is 7.05 Å². The van der Waals surface area contributed by atoms with Crippen molar-refractivity contribution in [2.45, 2.75) is 33.2 Å². The molecular formula is C17H27BrIN5S. The van der Waals surface area contributed by atoms with Gasteiger partial charge in [-0.15, -0.1) is 35.3 Å². The Kier molecular flexibility index (Phi) is 9.44. The Morgan fingerprint density at radius 3 is 2.72 bits per heavy atom. The number of hydrogen-bond acceptors (Lipinski definition) is 3. The van der Waals surface area contributed by atoms with Gasteiger partial charge in [-0.05, 0) is 35.3 Å². The van der Waals surface area contributed by atoms with Crippen molar-refractivity contribution >= 4 is 57.2 Å². The fourth-order valence-corrected chi connectivity index (χ4v) is 4.22. The molecule has 0 saturated carbocycles. The minimum atomic E-state index is 0. The third-order valence-electron chi connectivity index (χ3n) is 3.94. The molecule has 0 atom stereocenters. The van der Waals surface area contributed by atoms with Crippen LogP contribution in [0, 0.1) is 6.92 Å². The first-order chi connectivity index (χ1) is 11.4. The summed E-state index contributed by atoms with van der Waals surface area (Å²) in [5, 5.41) is 4.63. The molecule has 2 aromatic heterocycles. The van der Waals surface area contributed by atoms with Crippen LogP contribution in [0.1, 0.15) is 28.2 Å². The highest BCUT2D eigenvalue weighted by molar-refractivity contribution is 14.0. The zero-order valence-electron chi connectivity index (χ0n) is 15.5. The Morgan fingerprint density at radius 1 is 1.48 bits per heavy atom. The van der Waals surface area contributed by atoms with E-state index < -0.39 is 0 Å². The molecule has 5 nitrogen and oxygen atoms in total. The van der Waals surface area contributed by atoms with Gasteiger partial charge in [0.2, 0.25) is 0 Å². The molecule has 0 aliphatic heterocycles. The average Bonchev–Trinajstić information content (AvgIpc) is 3.05. The molecule has 0 bridgehead atoms. The number of aromatic nitrogens is 2. The Balaban J connectivity index is 0.00000312. The van der Waals surface area contributed by atoms with Crippen molar-refractivity contribution in [1.82, 2.24) is 19.8 Å². The maximum Gasteiger partial charge on any atom is 0.193 e. The van der Waals surface area contributed by atoms with Gasteiger partial charge in [-0.25, -0.2) is 4.98 Å². The first kappa shape index (κ1) is 22.4. The summed E-state index contributed by atoms with van der Waals surface area (Å²) in [7, 11) is 5.93. The maximum atomic E-state index is 4.69. The molecule has 0 fully saturated rings. The van der Waals surface area contributed by atoms with E-state index in [4.69, 9.17) is 4.98 Å². The van der Waals surface area contributed by atoms with Gasteiger partial charge in [0.05, 0.1) is 17.2 Å². The number of guanidine groups is 1. The summed E-state index contributed by atoms with van der Waals surface area (Å²) in [6, 6.07) is 2.13. The highest BCUT2D eigenvalue weighted by atomic mass is 127. The van der Waals surface area contributed by atoms with Crippen LogP contribution in [-0.2, 0) is 26.4 Å². The fourth-order valence-electron chi connectivity index (χ4n) is 2.63. The summed E-state index contributed by atoms with van der Waals surface area (Å²) in [4.78, 5) is 12.5. The van der Waals surface area contributed by atoms with Gasteiger partial charge in [0.1, 0.15) is 0 Å². The Bertz CT molecular complexity index is 710. The zero-order chi connectivity index (χ0) is 17.7. The molecular weight excluding hydrogens is 513 g/mol. The smallest absolute Gasteiger partial charge is 0.193 e. The molecule has 0 amide bonds. The zero-order valence-corrected chi connectivity index (χ0v) is 20.2. The van der Waals surface area contributed by atoms with E-state index in [2.05, 4.69) is 75.9 Å². The van der Waals surface area contributed by atoms with Gasteiger partial charge in [-0.2, -0.15) is 0 Å². The molecule has 0 spiro atoms. The molecule has 2 aromatic rings. The number of aliphatic imine (C=N–C) groups is 1. The SMILES string of the molecule is CCc1nc(CCNC(=NC)N(C)Cc2cc(Br)cn2C)sc1C.I. The Hall–Kier alpha value is -0.610. The van der Waals surface area contributed by atoms with E-state index in [0.717, 1.165) is 36.4 Å². The lowest BCUT2D eigenvalue weighted by Gasteiger charge is -2.22. The quantitative estimate of drug-likeness (QED) is 0.343. The lowest BCUT2D eigenvalue weighted by molar-refractivity contribution is 0.462. The van der Waals surface area contributed by atoms with Gasteiger partial charge in [-0.1, -0.05) is 6.92 Å². The predicted octanol–water partition coefficient (Wildman–Crippen LogP) is 3.98. The second-order valence-corrected chi connectivity index (χ2v) is 8.01. The van der Waals surface area contributed by atoms with E-state index in [-0.39, 0.29) is 24.0 Å². The summed E-state index contributed by atoms with van der Waals surface area (Å²) in [6.07, 6.45) is 4.00. The number of thiazole rings is 1. The molecule has 0 aromatic carbocycles. The maximum absolute atomic E-state index is 4.69. The van der Waals surface area contributed by atoms with Gasteiger partial charge in [0.15, 0.2) is 5.96 Å². The molecule has 0 unspecified atom stereocenters. The molecule has 140 valence electrons. The van der Waals surface area contributed by atoms with Gasteiger partial charge >= 0.3 is 0 Å². The van der Waals surface area contributed by atoms with E-state index in [0.29, 0.717) is 0 Å². The molecule has 0 radical (unpaired) electrons. The summed E-state index contributed by atoms with van der Waals surface area (Å²) in [5.74, 6) is 0.899. The minimum Gasteiger partial charge on any atom is -0.356 e. The van der Waals surface area contributed by atoms with Crippen LogP contribution in [0.2, 0.25) is 0 Å². The van der Waals surface area contributed by atoms with Crippen LogP contribution in [0.4, 0.5) is 0 Å². The number of nitrogens with one attached hydrogen (secondary N) is 1. The second kappa shape index (κ2) is 10.5.